The zero-order valence-corrected chi connectivity index (χ0v) is 16.4. The number of halogens is 2. The molecule has 146 valence electrons. The molecule has 1 heterocycles. The lowest BCUT2D eigenvalue weighted by Crippen LogP contribution is -2.37. The first kappa shape index (κ1) is 21.4. The first-order chi connectivity index (χ1) is 12.3. The Morgan fingerprint density at radius 1 is 1.23 bits per heavy atom. The number of hydrogen-bond donors (Lipinski definition) is 0. The molecule has 1 fully saturated rings. The van der Waals surface area contributed by atoms with Crippen molar-refractivity contribution in [2.75, 3.05) is 19.8 Å². The third-order valence-corrected chi connectivity index (χ3v) is 7.54. The van der Waals surface area contributed by atoms with E-state index in [-0.39, 0.29) is 26.4 Å². The summed E-state index contributed by atoms with van der Waals surface area (Å²) in [7, 11) is 0. The van der Waals surface area contributed by atoms with Crippen LogP contribution in [0.5, 0.6) is 0 Å². The zero-order valence-electron chi connectivity index (χ0n) is 14.7. The fourth-order valence-corrected chi connectivity index (χ4v) is 5.53. The molecule has 0 unspecified atom stereocenters. The average molecular weight is 408 g/mol. The molecule has 2 atom stereocenters. The molecule has 5 nitrogen and oxygen atoms in total. The summed E-state index contributed by atoms with van der Waals surface area (Å²) in [5.41, 5.74) is -2.60. The molecule has 0 radical (unpaired) electrons. The molecule has 0 aliphatic carbocycles. The smallest absolute Gasteiger partial charge is 0.327 e. The summed E-state index contributed by atoms with van der Waals surface area (Å²) in [6.45, 7) is -0.664. The Bertz CT molecular complexity index is 633. The Morgan fingerprint density at radius 3 is 2.42 bits per heavy atom. The molecule has 2 rings (SSSR count). The largest absolute Gasteiger partial charge is 0.459 e. The molecule has 1 aromatic rings. The summed E-state index contributed by atoms with van der Waals surface area (Å²) in [5, 5.41) is 0. The van der Waals surface area contributed by atoms with E-state index in [1.807, 2.05) is 30.3 Å². The summed E-state index contributed by atoms with van der Waals surface area (Å²) in [4.78, 5) is 11.7. The predicted molar refractivity (Wildman–Crippen MR) is 96.6 cm³/mol. The molecule has 9 heteroatoms. The summed E-state index contributed by atoms with van der Waals surface area (Å²) < 4.78 is 51.1. The van der Waals surface area contributed by atoms with Crippen molar-refractivity contribution in [1.29, 1.82) is 0 Å². The van der Waals surface area contributed by atoms with Gasteiger partial charge in [-0.2, -0.15) is 8.78 Å². The fraction of sp³-hybridized carbons (Fsp3) is 0.588. The highest BCUT2D eigenvalue weighted by Crippen LogP contribution is 2.66. The number of rotatable bonds is 10. The molecule has 0 amide bonds. The van der Waals surface area contributed by atoms with Gasteiger partial charge in [-0.15, -0.1) is 0 Å². The first-order valence-electron chi connectivity index (χ1n) is 8.42. The van der Waals surface area contributed by atoms with Crippen LogP contribution in [0.3, 0.4) is 0 Å². The van der Waals surface area contributed by atoms with Crippen molar-refractivity contribution in [3.63, 3.8) is 0 Å². The maximum Gasteiger partial charge on any atom is 0.327 e. The molecule has 1 aromatic carbocycles. The van der Waals surface area contributed by atoms with Crippen molar-refractivity contribution < 1.29 is 32.1 Å². The second-order valence-corrected chi connectivity index (χ2v) is 9.31. The second-order valence-electron chi connectivity index (χ2n) is 5.76. The Labute approximate surface area is 157 Å². The van der Waals surface area contributed by atoms with E-state index >= 15 is 8.78 Å². The van der Waals surface area contributed by atoms with Gasteiger partial charge in [-0.1, -0.05) is 30.3 Å². The van der Waals surface area contributed by atoms with Crippen LogP contribution < -0.4 is 0 Å². The van der Waals surface area contributed by atoms with E-state index in [9.17, 15) is 4.79 Å². The van der Waals surface area contributed by atoms with Crippen molar-refractivity contribution in [2.45, 2.75) is 38.6 Å². The standard InChI is InChI=1S/C17H23F2O5PS/c1-3-22-25(26,23-4-2)17(18,19)14-10-16(20)24-15(14)12-21-11-13-8-6-5-7-9-13/h5-9,14-15H,3-4,10-12H2,1-2H3/t14-,15+/m0/s1. The molecular formula is C17H23F2O5PS. The Hall–Kier alpha value is -0.920. The fourth-order valence-electron chi connectivity index (χ4n) is 2.73. The van der Waals surface area contributed by atoms with Crippen LogP contribution >= 0.6 is 6.49 Å². The van der Waals surface area contributed by atoms with Gasteiger partial charge in [-0.25, -0.2) is 0 Å². The van der Waals surface area contributed by atoms with E-state index in [1.54, 1.807) is 13.8 Å². The molecule has 1 saturated heterocycles. The van der Waals surface area contributed by atoms with E-state index < -0.39 is 36.6 Å². The summed E-state index contributed by atoms with van der Waals surface area (Å²) in [6.07, 6.45) is -1.53. The minimum Gasteiger partial charge on any atom is -0.459 e. The van der Waals surface area contributed by atoms with Crippen LogP contribution in [0.25, 0.3) is 0 Å². The van der Waals surface area contributed by atoms with E-state index in [4.69, 9.17) is 30.3 Å². The van der Waals surface area contributed by atoms with Crippen LogP contribution in [0.15, 0.2) is 30.3 Å². The second kappa shape index (κ2) is 9.33. The van der Waals surface area contributed by atoms with Crippen LogP contribution in [-0.4, -0.2) is 37.6 Å². The van der Waals surface area contributed by atoms with Gasteiger partial charge < -0.3 is 18.5 Å². The lowest BCUT2D eigenvalue weighted by Gasteiger charge is -2.34. The van der Waals surface area contributed by atoms with Gasteiger partial charge in [-0.05, 0) is 31.2 Å². The molecule has 1 aliphatic heterocycles. The third kappa shape index (κ3) is 4.87. The van der Waals surface area contributed by atoms with Crippen LogP contribution in [0, 0.1) is 5.92 Å². The Morgan fingerprint density at radius 2 is 1.85 bits per heavy atom. The number of alkyl halides is 2. The van der Waals surface area contributed by atoms with Gasteiger partial charge in [0.2, 0.25) is 0 Å². The van der Waals surface area contributed by atoms with Gasteiger partial charge in [0.15, 0.2) is 0 Å². The van der Waals surface area contributed by atoms with Crippen molar-refractivity contribution in [3.05, 3.63) is 35.9 Å². The molecule has 26 heavy (non-hydrogen) atoms. The summed E-state index contributed by atoms with van der Waals surface area (Å²) in [6, 6.07) is 9.29. The number of carbonyl (C=O) groups is 1. The zero-order chi connectivity index (χ0) is 19.2. The number of hydrogen-bond acceptors (Lipinski definition) is 6. The molecule has 0 aromatic heterocycles. The third-order valence-electron chi connectivity index (χ3n) is 3.92. The maximum atomic E-state index is 15.1. The van der Waals surface area contributed by atoms with Crippen LogP contribution in [0.1, 0.15) is 25.8 Å². The number of cyclic esters (lactones) is 1. The van der Waals surface area contributed by atoms with Crippen LogP contribution in [-0.2, 0) is 41.7 Å². The number of benzene rings is 1. The Kier molecular flexibility index (Phi) is 7.67. The van der Waals surface area contributed by atoms with E-state index in [2.05, 4.69) is 0 Å². The lowest BCUT2D eigenvalue weighted by molar-refractivity contribution is -0.144. The Balaban J connectivity index is 2.09. The molecular weight excluding hydrogens is 385 g/mol. The highest BCUT2D eigenvalue weighted by atomic mass is 32.5. The minimum atomic E-state index is -3.91. The number of carbonyl (C=O) groups excluding carboxylic acids is 1. The van der Waals surface area contributed by atoms with E-state index in [0.29, 0.717) is 0 Å². The van der Waals surface area contributed by atoms with Gasteiger partial charge in [0.1, 0.15) is 6.10 Å². The first-order valence-corrected chi connectivity index (χ1v) is 11.1. The molecule has 0 saturated carbocycles. The molecule has 0 N–H and O–H groups in total. The quantitative estimate of drug-likeness (QED) is 0.429. The number of ether oxygens (including phenoxy) is 2. The topological polar surface area (TPSA) is 54.0 Å². The van der Waals surface area contributed by atoms with Gasteiger partial charge in [0.05, 0.1) is 38.8 Å². The summed E-state index contributed by atoms with van der Waals surface area (Å²) >= 11 is 5.06. The van der Waals surface area contributed by atoms with E-state index in [0.717, 1.165) is 5.56 Å². The van der Waals surface area contributed by atoms with Gasteiger partial charge in [0, 0.05) is 0 Å². The summed E-state index contributed by atoms with van der Waals surface area (Å²) in [5.74, 6) is -2.13. The average Bonchev–Trinajstić information content (AvgIpc) is 2.97. The molecule has 0 spiro atoms. The highest BCUT2D eigenvalue weighted by molar-refractivity contribution is 8.10. The number of esters is 1. The maximum absolute atomic E-state index is 15.1. The molecule has 1 aliphatic rings. The lowest BCUT2D eigenvalue weighted by atomic mass is 10.0. The van der Waals surface area contributed by atoms with Gasteiger partial charge >= 0.3 is 11.6 Å². The van der Waals surface area contributed by atoms with Crippen LogP contribution in [0.4, 0.5) is 8.78 Å². The van der Waals surface area contributed by atoms with E-state index in [1.165, 1.54) is 0 Å². The van der Waals surface area contributed by atoms with Crippen LogP contribution in [0.2, 0.25) is 0 Å². The van der Waals surface area contributed by atoms with Crippen molar-refractivity contribution in [2.24, 2.45) is 5.92 Å². The van der Waals surface area contributed by atoms with Crippen molar-refractivity contribution >= 4 is 24.3 Å². The predicted octanol–water partition coefficient (Wildman–Crippen LogP) is 4.11. The molecule has 0 bridgehead atoms. The highest BCUT2D eigenvalue weighted by Gasteiger charge is 2.60. The van der Waals surface area contributed by atoms with Gasteiger partial charge in [-0.3, -0.25) is 4.79 Å². The minimum absolute atomic E-state index is 0.00354. The SMILES string of the molecule is CCOP(=S)(OCC)C(F)(F)[C@H]1CC(=O)O[C@@H]1COCc1ccccc1. The monoisotopic (exact) mass is 408 g/mol. The normalized spacial score (nSPS) is 21.0. The van der Waals surface area contributed by atoms with Gasteiger partial charge in [0.25, 0.3) is 6.49 Å². The van der Waals surface area contributed by atoms with Crippen molar-refractivity contribution in [3.8, 4) is 0 Å². The van der Waals surface area contributed by atoms with Crippen molar-refractivity contribution in [1.82, 2.24) is 0 Å².